The summed E-state index contributed by atoms with van der Waals surface area (Å²) in [5.41, 5.74) is 4.10. The molecule has 3 aromatic carbocycles. The van der Waals surface area contributed by atoms with Gasteiger partial charge in [0.05, 0.1) is 48.9 Å². The fourth-order valence-electron chi connectivity index (χ4n) is 6.56. The van der Waals surface area contributed by atoms with E-state index in [0.717, 1.165) is 35.0 Å². The number of amides is 2. The number of pyridine rings is 2. The SMILES string of the molecule is Cc1sc(N(Cc2ncccc2OCc2cccc(Cc3sc(N(Cc4ncccc4O)c4ccc(C#N)cc4)nc3C(=O)NS(C)(=O)=O)c2)c2ccc(C#N)cc2)nc1C(=O)NS(C)(=O)=O. The maximum atomic E-state index is 13.5. The van der Waals surface area contributed by atoms with Gasteiger partial charge in [-0.25, -0.2) is 36.2 Å². The molecule has 0 atom stereocenters. The first-order valence-electron chi connectivity index (χ1n) is 19.8. The van der Waals surface area contributed by atoms with Crippen molar-refractivity contribution in [1.82, 2.24) is 29.4 Å². The Morgan fingerprint density at radius 2 is 1.22 bits per heavy atom. The lowest BCUT2D eigenvalue weighted by Gasteiger charge is -2.23. The number of sulfonamides is 2. The number of aromatic nitrogens is 4. The maximum Gasteiger partial charge on any atom is 0.284 e. The molecule has 22 heteroatoms. The molecule has 0 aliphatic rings. The van der Waals surface area contributed by atoms with Gasteiger partial charge in [-0.1, -0.05) is 24.3 Å². The van der Waals surface area contributed by atoms with Crippen LogP contribution in [0, 0.1) is 29.6 Å². The summed E-state index contributed by atoms with van der Waals surface area (Å²) in [6.45, 7) is 1.83. The lowest BCUT2D eigenvalue weighted by molar-refractivity contribution is 0.0968. The molecule has 67 heavy (non-hydrogen) atoms. The lowest BCUT2D eigenvalue weighted by Crippen LogP contribution is -2.30. The summed E-state index contributed by atoms with van der Waals surface area (Å²) in [6.07, 6.45) is 5.02. The van der Waals surface area contributed by atoms with E-state index in [1.54, 1.807) is 89.7 Å². The fraction of sp³-hybridized carbons (Fsp3) is 0.156. The zero-order valence-corrected chi connectivity index (χ0v) is 39.0. The predicted octanol–water partition coefficient (Wildman–Crippen LogP) is 6.37. The molecule has 4 heterocycles. The molecule has 340 valence electrons. The average molecular weight is 975 g/mol. The van der Waals surface area contributed by atoms with Gasteiger partial charge < -0.3 is 19.6 Å². The van der Waals surface area contributed by atoms with Gasteiger partial charge in [-0.15, -0.1) is 22.7 Å². The molecule has 0 fully saturated rings. The Balaban J connectivity index is 1.17. The van der Waals surface area contributed by atoms with E-state index in [0.29, 0.717) is 59.7 Å². The Kier molecular flexibility index (Phi) is 14.2. The van der Waals surface area contributed by atoms with Crippen LogP contribution in [0.15, 0.2) is 109 Å². The second-order valence-electron chi connectivity index (χ2n) is 14.8. The second-order valence-corrected chi connectivity index (χ2v) is 20.5. The highest BCUT2D eigenvalue weighted by Gasteiger charge is 2.27. The lowest BCUT2D eigenvalue weighted by atomic mass is 10.1. The van der Waals surface area contributed by atoms with Gasteiger partial charge in [0.25, 0.3) is 11.8 Å². The van der Waals surface area contributed by atoms with Crippen LogP contribution in [-0.2, 0) is 46.2 Å². The number of thiazole rings is 2. The summed E-state index contributed by atoms with van der Waals surface area (Å²) in [7, 11) is -7.84. The number of nitrogens with zero attached hydrogens (tertiary/aromatic N) is 8. The third-order valence-electron chi connectivity index (χ3n) is 9.62. The molecule has 0 radical (unpaired) electrons. The molecular weight excluding hydrogens is 937 g/mol. The van der Waals surface area contributed by atoms with Crippen LogP contribution in [0.3, 0.4) is 0 Å². The van der Waals surface area contributed by atoms with Crippen molar-refractivity contribution in [2.24, 2.45) is 0 Å². The van der Waals surface area contributed by atoms with Crippen molar-refractivity contribution in [3.63, 3.8) is 0 Å². The van der Waals surface area contributed by atoms with Crippen molar-refractivity contribution in [1.29, 1.82) is 10.5 Å². The second kappa shape index (κ2) is 20.2. The van der Waals surface area contributed by atoms with Crippen LogP contribution < -0.4 is 24.0 Å². The molecule has 0 saturated heterocycles. The van der Waals surface area contributed by atoms with Crippen molar-refractivity contribution in [3.05, 3.63) is 164 Å². The van der Waals surface area contributed by atoms with Gasteiger partial charge in [-0.05, 0) is 90.8 Å². The normalized spacial score (nSPS) is 11.2. The standard InChI is InChI=1S/C45H38N10O8S4/c1-28-40(42(57)52-66(2,59)60)50-44(64-28)55(34-17-13-30(24-47)14-18-34)26-36-38(10-6-20-49-36)63-27-32-8-4-7-31(21-32)22-39-41(43(58)53-67(3,61)62)51-45(65-39)54(25-35-37(56)9-5-19-48-35)33-15-11-29(23-46)12-16-33/h4-21,56H,22,25-27H2,1-3H3,(H,52,57)(H,53,58). The van der Waals surface area contributed by atoms with E-state index in [2.05, 4.69) is 32.1 Å². The third-order valence-corrected chi connectivity index (χ3v) is 12.8. The Morgan fingerprint density at radius 1 is 0.701 bits per heavy atom. The van der Waals surface area contributed by atoms with Crippen LogP contribution in [0.5, 0.6) is 11.5 Å². The smallest absolute Gasteiger partial charge is 0.284 e. The largest absolute Gasteiger partial charge is 0.506 e. The number of carbonyl (C=O) groups excluding carboxylic acids is 2. The third kappa shape index (κ3) is 12.1. The van der Waals surface area contributed by atoms with Crippen molar-refractivity contribution < 1.29 is 36.3 Å². The Labute approximate surface area is 393 Å². The maximum absolute atomic E-state index is 13.5. The van der Waals surface area contributed by atoms with Gasteiger partial charge in [0, 0.05) is 39.9 Å². The molecule has 0 unspecified atom stereocenters. The average Bonchev–Trinajstić information content (AvgIpc) is 3.90. The van der Waals surface area contributed by atoms with E-state index in [1.807, 2.05) is 33.7 Å². The zero-order chi connectivity index (χ0) is 47.9. The van der Waals surface area contributed by atoms with E-state index in [4.69, 9.17) is 4.74 Å². The molecular formula is C45H38N10O8S4. The summed E-state index contributed by atoms with van der Waals surface area (Å²) >= 11 is 2.32. The number of ether oxygens (including phenoxy) is 1. The molecule has 18 nitrogen and oxygen atoms in total. The van der Waals surface area contributed by atoms with Crippen molar-refractivity contribution >= 4 is 76.2 Å². The van der Waals surface area contributed by atoms with E-state index < -0.39 is 31.9 Å². The molecule has 4 aromatic heterocycles. The number of aryl methyl sites for hydroxylation is 1. The highest BCUT2D eigenvalue weighted by atomic mass is 32.2. The number of anilines is 4. The molecule has 0 spiro atoms. The fourth-order valence-corrected chi connectivity index (χ4v) is 9.47. The van der Waals surface area contributed by atoms with Gasteiger partial charge >= 0.3 is 0 Å². The van der Waals surface area contributed by atoms with E-state index in [-0.39, 0.29) is 43.3 Å². The van der Waals surface area contributed by atoms with Gasteiger partial charge in [0.15, 0.2) is 10.3 Å². The van der Waals surface area contributed by atoms with Crippen molar-refractivity contribution in [2.75, 3.05) is 22.3 Å². The van der Waals surface area contributed by atoms with Crippen LogP contribution in [0.1, 0.15) is 64.4 Å². The number of nitriles is 2. The molecule has 0 saturated carbocycles. The highest BCUT2D eigenvalue weighted by molar-refractivity contribution is 7.89. The monoisotopic (exact) mass is 974 g/mol. The molecule has 3 N–H and O–H groups in total. The molecule has 0 aliphatic carbocycles. The summed E-state index contributed by atoms with van der Waals surface area (Å²) in [5, 5.41) is 30.2. The summed E-state index contributed by atoms with van der Waals surface area (Å²) in [6, 6.07) is 31.4. The van der Waals surface area contributed by atoms with Crippen LogP contribution >= 0.6 is 22.7 Å². The zero-order valence-electron chi connectivity index (χ0n) is 35.7. The summed E-state index contributed by atoms with van der Waals surface area (Å²) in [4.78, 5) is 48.9. The van der Waals surface area contributed by atoms with Crippen molar-refractivity contribution in [3.8, 4) is 23.6 Å². The number of rotatable bonds is 17. The predicted molar refractivity (Wildman–Crippen MR) is 251 cm³/mol. The van der Waals surface area contributed by atoms with Gasteiger partial charge in [0.1, 0.15) is 40.9 Å². The summed E-state index contributed by atoms with van der Waals surface area (Å²) < 4.78 is 58.6. The molecule has 2 amide bonds. The minimum atomic E-state index is -3.98. The number of benzene rings is 3. The Morgan fingerprint density at radius 3 is 1.81 bits per heavy atom. The topological polar surface area (TPSA) is 262 Å². The summed E-state index contributed by atoms with van der Waals surface area (Å²) in [5.74, 6) is -1.46. The van der Waals surface area contributed by atoms with Crippen LogP contribution in [0.2, 0.25) is 0 Å². The van der Waals surface area contributed by atoms with Gasteiger partial charge in [-0.2, -0.15) is 10.5 Å². The van der Waals surface area contributed by atoms with Crippen LogP contribution in [0.4, 0.5) is 21.6 Å². The van der Waals surface area contributed by atoms with E-state index >= 15 is 0 Å². The van der Waals surface area contributed by atoms with Gasteiger partial charge in [-0.3, -0.25) is 19.6 Å². The Bertz CT molecular complexity index is 3290. The van der Waals surface area contributed by atoms with E-state index in [9.17, 15) is 42.1 Å². The number of aromatic hydroxyl groups is 1. The first-order valence-corrected chi connectivity index (χ1v) is 25.2. The van der Waals surface area contributed by atoms with Gasteiger partial charge in [0.2, 0.25) is 20.0 Å². The van der Waals surface area contributed by atoms with Crippen LogP contribution in [-0.4, -0.2) is 66.2 Å². The first-order chi connectivity index (χ1) is 32.0. The first kappa shape index (κ1) is 47.2. The Hall–Kier alpha value is -7.76. The van der Waals surface area contributed by atoms with Crippen LogP contribution in [0.25, 0.3) is 0 Å². The molecule has 7 rings (SSSR count). The minimum Gasteiger partial charge on any atom is -0.506 e. The number of nitrogens with one attached hydrogen (secondary N) is 2. The van der Waals surface area contributed by atoms with Crippen molar-refractivity contribution in [2.45, 2.75) is 33.0 Å². The molecule has 0 aliphatic heterocycles. The number of hydrogen-bond donors (Lipinski definition) is 3. The molecule has 0 bridgehead atoms. The quantitative estimate of drug-likeness (QED) is 0.0895. The minimum absolute atomic E-state index is 0.0140. The highest BCUT2D eigenvalue weighted by Crippen LogP contribution is 2.37. The number of carbonyl (C=O) groups is 2. The van der Waals surface area contributed by atoms with E-state index in [1.165, 1.54) is 23.6 Å². The number of hydrogen-bond acceptors (Lipinski definition) is 18. The molecule has 7 aromatic rings.